The van der Waals surface area contributed by atoms with Gasteiger partial charge in [0, 0.05) is 6.08 Å². The summed E-state index contributed by atoms with van der Waals surface area (Å²) in [5.41, 5.74) is 0. The summed E-state index contributed by atoms with van der Waals surface area (Å²) in [6, 6.07) is 0. The molecule has 2 heteroatoms. The average molecular weight is 170 g/mol. The van der Waals surface area contributed by atoms with Crippen LogP contribution < -0.4 is 0 Å². The van der Waals surface area contributed by atoms with E-state index in [1.165, 1.54) is 18.9 Å². The van der Waals surface area contributed by atoms with Gasteiger partial charge in [0.1, 0.15) is 0 Å². The van der Waals surface area contributed by atoms with Crippen LogP contribution in [-0.4, -0.2) is 11.1 Å². The van der Waals surface area contributed by atoms with Crippen LogP contribution in [0.4, 0.5) is 0 Å². The molecule has 0 saturated heterocycles. The molecule has 0 unspecified atom stereocenters. The van der Waals surface area contributed by atoms with E-state index in [-0.39, 0.29) is 0 Å². The Labute approximate surface area is 74.3 Å². The predicted octanol–water partition coefficient (Wildman–Crippen LogP) is 2.84. The third-order valence-electron chi connectivity index (χ3n) is 2.16. The Hall–Kier alpha value is -0.790. The van der Waals surface area contributed by atoms with Crippen LogP contribution in [-0.2, 0) is 4.79 Å². The lowest BCUT2D eigenvalue weighted by Crippen LogP contribution is -1.95. The summed E-state index contributed by atoms with van der Waals surface area (Å²) in [6.45, 7) is 4.35. The number of carboxylic acid groups (broad SMARTS) is 1. The number of hydrogen-bond acceptors (Lipinski definition) is 1. The SMILES string of the molecule is CCC(CC)CCC=CC(=O)O. The van der Waals surface area contributed by atoms with Crippen LogP contribution in [0.2, 0.25) is 0 Å². The van der Waals surface area contributed by atoms with Crippen molar-refractivity contribution in [2.75, 3.05) is 0 Å². The van der Waals surface area contributed by atoms with Gasteiger partial charge in [0.05, 0.1) is 0 Å². The van der Waals surface area contributed by atoms with E-state index in [0.29, 0.717) is 0 Å². The Bertz CT molecular complexity index is 146. The highest BCUT2D eigenvalue weighted by Crippen LogP contribution is 2.14. The molecule has 0 aliphatic rings. The van der Waals surface area contributed by atoms with Gasteiger partial charge in [0.2, 0.25) is 0 Å². The van der Waals surface area contributed by atoms with Crippen molar-refractivity contribution < 1.29 is 9.90 Å². The van der Waals surface area contributed by atoms with Gasteiger partial charge >= 0.3 is 5.97 Å². The third-order valence-corrected chi connectivity index (χ3v) is 2.16. The van der Waals surface area contributed by atoms with Crippen LogP contribution in [0, 0.1) is 5.92 Å². The molecule has 0 amide bonds. The Morgan fingerprint density at radius 2 is 2.00 bits per heavy atom. The molecule has 0 bridgehead atoms. The second-order valence-corrected chi connectivity index (χ2v) is 3.00. The Morgan fingerprint density at radius 1 is 1.42 bits per heavy atom. The maximum absolute atomic E-state index is 10.1. The van der Waals surface area contributed by atoms with Crippen LogP contribution in [0.15, 0.2) is 12.2 Å². The van der Waals surface area contributed by atoms with Crippen molar-refractivity contribution in [3.05, 3.63) is 12.2 Å². The molecule has 0 rings (SSSR count). The first-order valence-corrected chi connectivity index (χ1v) is 4.60. The lowest BCUT2D eigenvalue weighted by atomic mass is 9.98. The molecule has 0 aromatic carbocycles. The number of hydrogen-bond donors (Lipinski definition) is 1. The van der Waals surface area contributed by atoms with E-state index < -0.39 is 5.97 Å². The minimum absolute atomic E-state index is 0.753. The first-order valence-electron chi connectivity index (χ1n) is 4.60. The molecule has 0 heterocycles. The number of allylic oxidation sites excluding steroid dienone is 1. The molecule has 0 aromatic heterocycles. The average Bonchev–Trinajstić information content (AvgIpc) is 2.04. The summed E-state index contributed by atoms with van der Waals surface area (Å²) in [6.07, 6.45) is 7.34. The summed E-state index contributed by atoms with van der Waals surface area (Å²) in [5, 5.41) is 8.31. The lowest BCUT2D eigenvalue weighted by Gasteiger charge is -2.08. The minimum Gasteiger partial charge on any atom is -0.478 e. The standard InChI is InChI=1S/C10H18O2/c1-3-9(4-2)7-5-6-8-10(11)12/h6,8-9H,3-5,7H2,1-2H3,(H,11,12). The van der Waals surface area contributed by atoms with Gasteiger partial charge in [0.15, 0.2) is 0 Å². The van der Waals surface area contributed by atoms with E-state index in [4.69, 9.17) is 5.11 Å². The Balaban J connectivity index is 3.47. The number of rotatable bonds is 6. The van der Waals surface area contributed by atoms with Gasteiger partial charge in [-0.15, -0.1) is 0 Å². The zero-order valence-corrected chi connectivity index (χ0v) is 7.92. The topological polar surface area (TPSA) is 37.3 Å². The summed E-state index contributed by atoms with van der Waals surface area (Å²) in [7, 11) is 0. The van der Waals surface area contributed by atoms with Crippen LogP contribution >= 0.6 is 0 Å². The first-order chi connectivity index (χ1) is 5.70. The molecule has 0 aromatic rings. The lowest BCUT2D eigenvalue weighted by molar-refractivity contribution is -0.131. The third kappa shape index (κ3) is 5.96. The van der Waals surface area contributed by atoms with Gasteiger partial charge in [-0.1, -0.05) is 32.8 Å². The van der Waals surface area contributed by atoms with Gasteiger partial charge in [-0.3, -0.25) is 0 Å². The quantitative estimate of drug-likeness (QED) is 0.622. The maximum Gasteiger partial charge on any atom is 0.327 e. The smallest absolute Gasteiger partial charge is 0.327 e. The number of aliphatic carboxylic acids is 1. The molecular formula is C10H18O2. The van der Waals surface area contributed by atoms with E-state index in [2.05, 4.69) is 13.8 Å². The second-order valence-electron chi connectivity index (χ2n) is 3.00. The van der Waals surface area contributed by atoms with Crippen molar-refractivity contribution in [1.29, 1.82) is 0 Å². The Kier molecular flexibility index (Phi) is 6.44. The molecule has 0 fully saturated rings. The van der Waals surface area contributed by atoms with Crippen molar-refractivity contribution >= 4 is 5.97 Å². The zero-order chi connectivity index (χ0) is 9.40. The molecule has 0 aliphatic heterocycles. The normalized spacial score (nSPS) is 11.2. The predicted molar refractivity (Wildman–Crippen MR) is 50.1 cm³/mol. The highest BCUT2D eigenvalue weighted by atomic mass is 16.4. The van der Waals surface area contributed by atoms with Crippen molar-refractivity contribution in [1.82, 2.24) is 0 Å². The highest BCUT2D eigenvalue weighted by molar-refractivity contribution is 5.79. The first kappa shape index (κ1) is 11.2. The van der Waals surface area contributed by atoms with Crippen LogP contribution in [0.1, 0.15) is 39.5 Å². The van der Waals surface area contributed by atoms with Crippen LogP contribution in [0.5, 0.6) is 0 Å². The monoisotopic (exact) mass is 170 g/mol. The molecule has 70 valence electrons. The van der Waals surface area contributed by atoms with Gasteiger partial charge in [-0.05, 0) is 18.8 Å². The van der Waals surface area contributed by atoms with E-state index in [0.717, 1.165) is 18.8 Å². The molecular weight excluding hydrogens is 152 g/mol. The highest BCUT2D eigenvalue weighted by Gasteiger charge is 2.00. The number of carboxylic acids is 1. The molecule has 12 heavy (non-hydrogen) atoms. The number of carbonyl (C=O) groups is 1. The fourth-order valence-electron chi connectivity index (χ4n) is 1.21. The van der Waals surface area contributed by atoms with Crippen LogP contribution in [0.25, 0.3) is 0 Å². The van der Waals surface area contributed by atoms with E-state index in [1.807, 2.05) is 0 Å². The molecule has 0 spiro atoms. The summed E-state index contributed by atoms with van der Waals surface area (Å²) >= 11 is 0. The molecule has 1 N–H and O–H groups in total. The van der Waals surface area contributed by atoms with E-state index >= 15 is 0 Å². The van der Waals surface area contributed by atoms with Crippen LogP contribution in [0.3, 0.4) is 0 Å². The molecule has 0 atom stereocenters. The Morgan fingerprint density at radius 3 is 2.42 bits per heavy atom. The fraction of sp³-hybridized carbons (Fsp3) is 0.700. The van der Waals surface area contributed by atoms with Crippen molar-refractivity contribution in [3.63, 3.8) is 0 Å². The molecule has 0 saturated carbocycles. The largest absolute Gasteiger partial charge is 0.478 e. The molecule has 0 radical (unpaired) electrons. The van der Waals surface area contributed by atoms with E-state index in [1.54, 1.807) is 6.08 Å². The second kappa shape index (κ2) is 6.89. The summed E-state index contributed by atoms with van der Waals surface area (Å²) < 4.78 is 0. The van der Waals surface area contributed by atoms with E-state index in [9.17, 15) is 4.79 Å². The maximum atomic E-state index is 10.1. The van der Waals surface area contributed by atoms with Crippen molar-refractivity contribution in [2.45, 2.75) is 39.5 Å². The summed E-state index contributed by atoms with van der Waals surface area (Å²) in [4.78, 5) is 10.1. The van der Waals surface area contributed by atoms with Crippen molar-refractivity contribution in [2.24, 2.45) is 5.92 Å². The van der Waals surface area contributed by atoms with Crippen molar-refractivity contribution in [3.8, 4) is 0 Å². The minimum atomic E-state index is -0.848. The molecule has 0 aliphatic carbocycles. The molecule has 2 nitrogen and oxygen atoms in total. The van der Waals surface area contributed by atoms with Gasteiger partial charge < -0.3 is 5.11 Å². The van der Waals surface area contributed by atoms with Gasteiger partial charge in [0.25, 0.3) is 0 Å². The van der Waals surface area contributed by atoms with Gasteiger partial charge in [-0.25, -0.2) is 4.79 Å². The van der Waals surface area contributed by atoms with Gasteiger partial charge in [-0.2, -0.15) is 0 Å². The summed E-state index contributed by atoms with van der Waals surface area (Å²) in [5.74, 6) is -0.0945. The zero-order valence-electron chi connectivity index (χ0n) is 7.92. The fourth-order valence-corrected chi connectivity index (χ4v) is 1.21.